The van der Waals surface area contributed by atoms with E-state index in [1.54, 1.807) is 6.20 Å². The molecular formula is C19H23ClN6O2. The Morgan fingerprint density at radius 3 is 2.71 bits per heavy atom. The Kier molecular flexibility index (Phi) is 6.11. The summed E-state index contributed by atoms with van der Waals surface area (Å²) in [6.07, 6.45) is 5.32. The summed E-state index contributed by atoms with van der Waals surface area (Å²) < 4.78 is 7.45. The minimum absolute atomic E-state index is 0. The standard InChI is InChI=1S/C19H22N6O2.ClH/c1-14-3-5-15(6-4-14)22-17(26)13-16-23-18(27-24-16)19(7-10-20-11-8-19)25-12-2-9-21-25;/h2-6,9,12,20H,7-8,10-11,13H2,1H3,(H,22,26);1H. The average Bonchev–Trinajstić information content (AvgIpc) is 3.37. The van der Waals surface area contributed by atoms with Crippen LogP contribution in [0.1, 0.15) is 30.1 Å². The van der Waals surface area contributed by atoms with Crippen LogP contribution in [0.3, 0.4) is 0 Å². The Morgan fingerprint density at radius 2 is 2.04 bits per heavy atom. The molecule has 2 aromatic heterocycles. The zero-order valence-corrected chi connectivity index (χ0v) is 16.4. The van der Waals surface area contributed by atoms with Gasteiger partial charge in [-0.05, 0) is 51.1 Å². The Hall–Kier alpha value is -2.71. The molecular weight excluding hydrogens is 380 g/mol. The predicted octanol–water partition coefficient (Wildman–Crippen LogP) is 2.30. The van der Waals surface area contributed by atoms with Crippen LogP contribution in [-0.4, -0.2) is 38.9 Å². The van der Waals surface area contributed by atoms with Gasteiger partial charge in [0.25, 0.3) is 5.89 Å². The van der Waals surface area contributed by atoms with E-state index in [4.69, 9.17) is 4.52 Å². The fourth-order valence-corrected chi connectivity index (χ4v) is 3.40. The van der Waals surface area contributed by atoms with E-state index in [0.29, 0.717) is 11.7 Å². The lowest BCUT2D eigenvalue weighted by Gasteiger charge is -2.34. The topological polar surface area (TPSA) is 97.9 Å². The fourth-order valence-electron chi connectivity index (χ4n) is 3.40. The first-order valence-electron chi connectivity index (χ1n) is 9.06. The maximum absolute atomic E-state index is 12.3. The molecule has 0 atom stereocenters. The lowest BCUT2D eigenvalue weighted by atomic mass is 9.88. The summed E-state index contributed by atoms with van der Waals surface area (Å²) in [6.45, 7) is 3.68. The first-order valence-corrected chi connectivity index (χ1v) is 9.06. The molecule has 0 aliphatic carbocycles. The van der Waals surface area contributed by atoms with E-state index in [1.807, 2.05) is 48.1 Å². The fraction of sp³-hybridized carbons (Fsp3) is 0.368. The van der Waals surface area contributed by atoms with Crippen molar-refractivity contribution in [2.45, 2.75) is 31.7 Å². The Balaban J connectivity index is 0.00000225. The number of rotatable bonds is 5. The average molecular weight is 403 g/mol. The summed E-state index contributed by atoms with van der Waals surface area (Å²) >= 11 is 0. The van der Waals surface area contributed by atoms with Crippen molar-refractivity contribution in [3.05, 3.63) is 60.0 Å². The highest BCUT2D eigenvalue weighted by atomic mass is 35.5. The zero-order chi connectivity index (χ0) is 18.7. The van der Waals surface area contributed by atoms with Gasteiger partial charge in [-0.3, -0.25) is 9.48 Å². The smallest absolute Gasteiger partial charge is 0.254 e. The van der Waals surface area contributed by atoms with Gasteiger partial charge in [0, 0.05) is 18.1 Å². The van der Waals surface area contributed by atoms with Crippen LogP contribution in [0, 0.1) is 6.92 Å². The van der Waals surface area contributed by atoms with Crippen LogP contribution in [0.4, 0.5) is 5.69 Å². The van der Waals surface area contributed by atoms with Gasteiger partial charge in [-0.2, -0.15) is 10.1 Å². The number of aromatic nitrogens is 4. The van der Waals surface area contributed by atoms with Crippen LogP contribution < -0.4 is 10.6 Å². The van der Waals surface area contributed by atoms with E-state index in [0.717, 1.165) is 37.2 Å². The Labute approximate surface area is 169 Å². The molecule has 3 heterocycles. The number of benzene rings is 1. The van der Waals surface area contributed by atoms with Crippen molar-refractivity contribution in [3.8, 4) is 0 Å². The first-order chi connectivity index (χ1) is 13.2. The summed E-state index contributed by atoms with van der Waals surface area (Å²) in [4.78, 5) is 16.8. The highest BCUT2D eigenvalue weighted by molar-refractivity contribution is 5.91. The molecule has 148 valence electrons. The third kappa shape index (κ3) is 4.07. The number of anilines is 1. The minimum Gasteiger partial charge on any atom is -0.337 e. The van der Waals surface area contributed by atoms with Gasteiger partial charge < -0.3 is 15.2 Å². The second-order valence-corrected chi connectivity index (χ2v) is 6.84. The largest absolute Gasteiger partial charge is 0.337 e. The van der Waals surface area contributed by atoms with E-state index in [1.165, 1.54) is 0 Å². The van der Waals surface area contributed by atoms with Crippen LogP contribution in [-0.2, 0) is 16.8 Å². The molecule has 9 heteroatoms. The molecule has 1 amide bonds. The van der Waals surface area contributed by atoms with Crippen molar-refractivity contribution >= 4 is 24.0 Å². The zero-order valence-electron chi connectivity index (χ0n) is 15.6. The molecule has 3 aromatic rings. The molecule has 28 heavy (non-hydrogen) atoms. The Morgan fingerprint density at radius 1 is 1.29 bits per heavy atom. The molecule has 0 bridgehead atoms. The molecule has 0 unspecified atom stereocenters. The van der Waals surface area contributed by atoms with Crippen molar-refractivity contribution in [1.29, 1.82) is 0 Å². The number of hydrogen-bond acceptors (Lipinski definition) is 6. The number of halogens is 1. The quantitative estimate of drug-likeness (QED) is 0.679. The van der Waals surface area contributed by atoms with Crippen LogP contribution >= 0.6 is 12.4 Å². The summed E-state index contributed by atoms with van der Waals surface area (Å²) in [7, 11) is 0. The highest BCUT2D eigenvalue weighted by Crippen LogP contribution is 2.33. The van der Waals surface area contributed by atoms with E-state index in [2.05, 4.69) is 25.9 Å². The van der Waals surface area contributed by atoms with Crippen LogP contribution in [0.2, 0.25) is 0 Å². The number of aryl methyl sites for hydroxylation is 1. The van der Waals surface area contributed by atoms with Crippen molar-refractivity contribution in [3.63, 3.8) is 0 Å². The normalized spacial score (nSPS) is 15.6. The van der Waals surface area contributed by atoms with E-state index >= 15 is 0 Å². The number of nitrogens with zero attached hydrogens (tertiary/aromatic N) is 4. The lowest BCUT2D eigenvalue weighted by Crippen LogP contribution is -2.45. The molecule has 2 N–H and O–H groups in total. The third-order valence-electron chi connectivity index (χ3n) is 4.89. The van der Waals surface area contributed by atoms with Gasteiger partial charge in [0.2, 0.25) is 5.91 Å². The number of piperidine rings is 1. The van der Waals surface area contributed by atoms with Gasteiger partial charge >= 0.3 is 0 Å². The second kappa shape index (κ2) is 8.53. The van der Waals surface area contributed by atoms with Crippen molar-refractivity contribution in [1.82, 2.24) is 25.2 Å². The van der Waals surface area contributed by atoms with Crippen molar-refractivity contribution in [2.24, 2.45) is 0 Å². The third-order valence-corrected chi connectivity index (χ3v) is 4.89. The lowest BCUT2D eigenvalue weighted by molar-refractivity contribution is -0.115. The molecule has 0 radical (unpaired) electrons. The molecule has 8 nitrogen and oxygen atoms in total. The summed E-state index contributed by atoms with van der Waals surface area (Å²) in [6, 6.07) is 9.53. The molecule has 0 spiro atoms. The minimum atomic E-state index is -0.465. The second-order valence-electron chi connectivity index (χ2n) is 6.84. The highest BCUT2D eigenvalue weighted by Gasteiger charge is 2.41. The van der Waals surface area contributed by atoms with Gasteiger partial charge in [0.05, 0.1) is 6.42 Å². The molecule has 4 rings (SSSR count). The number of carbonyl (C=O) groups is 1. The number of amides is 1. The van der Waals surface area contributed by atoms with Gasteiger partial charge in [-0.25, -0.2) is 0 Å². The van der Waals surface area contributed by atoms with Crippen molar-refractivity contribution in [2.75, 3.05) is 18.4 Å². The van der Waals surface area contributed by atoms with Gasteiger partial charge in [-0.15, -0.1) is 12.4 Å². The summed E-state index contributed by atoms with van der Waals surface area (Å²) in [5.74, 6) is 0.704. The van der Waals surface area contributed by atoms with Crippen molar-refractivity contribution < 1.29 is 9.32 Å². The molecule has 0 saturated carbocycles. The number of hydrogen-bond donors (Lipinski definition) is 2. The molecule has 1 aliphatic heterocycles. The van der Waals surface area contributed by atoms with Crippen LogP contribution in [0.5, 0.6) is 0 Å². The molecule has 1 aliphatic rings. The van der Waals surface area contributed by atoms with E-state index < -0.39 is 5.54 Å². The number of nitrogens with one attached hydrogen (secondary N) is 2. The van der Waals surface area contributed by atoms with E-state index in [-0.39, 0.29) is 24.7 Å². The maximum Gasteiger partial charge on any atom is 0.254 e. The monoisotopic (exact) mass is 402 g/mol. The first kappa shape index (κ1) is 20.0. The SMILES string of the molecule is Cc1ccc(NC(=O)Cc2noc(C3(n4cccn4)CCNCC3)n2)cc1.Cl. The van der Waals surface area contributed by atoms with E-state index in [9.17, 15) is 4.79 Å². The van der Waals surface area contributed by atoms with Crippen LogP contribution in [0.15, 0.2) is 47.2 Å². The summed E-state index contributed by atoms with van der Waals surface area (Å²) in [5, 5.41) is 14.6. The predicted molar refractivity (Wildman–Crippen MR) is 106 cm³/mol. The van der Waals surface area contributed by atoms with Crippen LogP contribution in [0.25, 0.3) is 0 Å². The number of carbonyl (C=O) groups excluding carboxylic acids is 1. The molecule has 1 aromatic carbocycles. The van der Waals surface area contributed by atoms with Gasteiger partial charge in [0.1, 0.15) is 5.54 Å². The van der Waals surface area contributed by atoms with Gasteiger partial charge in [-0.1, -0.05) is 22.9 Å². The van der Waals surface area contributed by atoms with Gasteiger partial charge in [0.15, 0.2) is 5.82 Å². The summed E-state index contributed by atoms with van der Waals surface area (Å²) in [5.41, 5.74) is 1.43. The Bertz CT molecular complexity index is 901. The maximum atomic E-state index is 12.3. The molecule has 1 saturated heterocycles. The molecule has 1 fully saturated rings.